The average molecular weight is 203 g/mol. The Hall–Kier alpha value is 1.09. The molecule has 0 amide bonds. The smallest absolute Gasteiger partial charge is 0 e. The summed E-state index contributed by atoms with van der Waals surface area (Å²) in [5.74, 6) is 0. The maximum atomic E-state index is 2.23. The molecule has 0 heterocycles. The van der Waals surface area contributed by atoms with Gasteiger partial charge in [0.2, 0.25) is 0 Å². The van der Waals surface area contributed by atoms with Gasteiger partial charge in [-0.25, -0.2) is 0 Å². The SMILES string of the molecule is C[CH](C)[Na].Cc1ccccc1.[Sc]. The van der Waals surface area contributed by atoms with E-state index in [1.807, 2.05) is 18.2 Å². The van der Waals surface area contributed by atoms with Gasteiger partial charge in [0, 0.05) is 25.8 Å². The fourth-order valence-corrected chi connectivity index (χ4v) is 0.534. The molecule has 1 radical (unpaired) electrons. The Labute approximate surface area is 112 Å². The fourth-order valence-electron chi connectivity index (χ4n) is 0.534. The van der Waals surface area contributed by atoms with E-state index in [-0.39, 0.29) is 25.8 Å². The number of hydrogen-bond donors (Lipinski definition) is 0. The van der Waals surface area contributed by atoms with Crippen molar-refractivity contribution in [1.29, 1.82) is 0 Å². The topological polar surface area (TPSA) is 0 Å². The van der Waals surface area contributed by atoms with E-state index in [0.717, 1.165) is 3.17 Å². The van der Waals surface area contributed by atoms with Crippen LogP contribution in [0.5, 0.6) is 0 Å². The minimum absolute atomic E-state index is 0. The quantitative estimate of drug-likeness (QED) is 0.568. The second-order valence-corrected chi connectivity index (χ2v) is 5.70. The molecule has 0 fully saturated rings. The predicted octanol–water partition coefficient (Wildman–Crippen LogP) is 2.98. The summed E-state index contributed by atoms with van der Waals surface area (Å²) < 4.78 is 0.972. The largest absolute Gasteiger partial charge is 0.0622 e. The summed E-state index contributed by atoms with van der Waals surface area (Å²) in [5, 5.41) is 0. The summed E-state index contributed by atoms with van der Waals surface area (Å²) in [7, 11) is 0. The molecule has 0 bridgehead atoms. The Bertz CT molecular complexity index is 170. The minimum atomic E-state index is 0. The standard InChI is InChI=1S/C7H8.C3H7.Na.Sc/c1-7-5-3-2-4-6-7;1-3-2;;/h2-6H,1H3;3H,1-2H3;;. The van der Waals surface area contributed by atoms with Crippen LogP contribution in [0, 0.1) is 6.92 Å². The van der Waals surface area contributed by atoms with Crippen molar-refractivity contribution < 1.29 is 25.8 Å². The third-order valence-corrected chi connectivity index (χ3v) is 0.940. The molecule has 12 heavy (non-hydrogen) atoms. The third kappa shape index (κ3) is 13.7. The molecule has 0 atom stereocenters. The van der Waals surface area contributed by atoms with Crippen LogP contribution in [0.15, 0.2) is 30.3 Å². The Kier molecular flexibility index (Phi) is 13.2. The molecular formula is C10H15NaSc. The summed E-state index contributed by atoms with van der Waals surface area (Å²) >= 11 is 1.35. The molecule has 0 N–H and O–H groups in total. The molecule has 1 aromatic carbocycles. The number of benzene rings is 1. The van der Waals surface area contributed by atoms with Crippen LogP contribution < -0.4 is 0 Å². The van der Waals surface area contributed by atoms with E-state index in [4.69, 9.17) is 0 Å². The van der Waals surface area contributed by atoms with E-state index < -0.39 is 0 Å². The fraction of sp³-hybridized carbons (Fsp3) is 0.400. The maximum Gasteiger partial charge on any atom is 0 e. The molecule has 0 aromatic heterocycles. The van der Waals surface area contributed by atoms with Gasteiger partial charge in [-0.2, -0.15) is 0 Å². The van der Waals surface area contributed by atoms with E-state index in [0.29, 0.717) is 0 Å². The summed E-state index contributed by atoms with van der Waals surface area (Å²) in [5.41, 5.74) is 1.32. The maximum absolute atomic E-state index is 2.23. The Morgan fingerprint density at radius 2 is 1.42 bits per heavy atom. The van der Waals surface area contributed by atoms with Gasteiger partial charge in [-0.15, -0.1) is 0 Å². The number of hydrogen-bond acceptors (Lipinski definition) is 0. The molecule has 0 aliphatic heterocycles. The van der Waals surface area contributed by atoms with Crippen LogP contribution in [-0.4, -0.2) is 27.9 Å². The van der Waals surface area contributed by atoms with Gasteiger partial charge in [0.25, 0.3) is 0 Å². The molecule has 59 valence electrons. The van der Waals surface area contributed by atoms with E-state index in [1.54, 1.807) is 0 Å². The molecule has 0 unspecified atom stereocenters. The first-order valence-electron chi connectivity index (χ1n) is 4.14. The zero-order chi connectivity index (χ0) is 8.69. The van der Waals surface area contributed by atoms with E-state index in [2.05, 4.69) is 32.9 Å². The summed E-state index contributed by atoms with van der Waals surface area (Å²) in [6, 6.07) is 10.3. The van der Waals surface area contributed by atoms with Gasteiger partial charge >= 0.3 is 44.9 Å². The number of aryl methyl sites for hydroxylation is 1. The van der Waals surface area contributed by atoms with Crippen LogP contribution in [0.2, 0.25) is 3.17 Å². The van der Waals surface area contributed by atoms with Gasteiger partial charge in [0.05, 0.1) is 0 Å². The van der Waals surface area contributed by atoms with Crippen molar-refractivity contribution in [2.75, 3.05) is 0 Å². The van der Waals surface area contributed by atoms with Crippen LogP contribution in [-0.2, 0) is 25.8 Å². The molecule has 0 spiro atoms. The van der Waals surface area contributed by atoms with Crippen LogP contribution in [0.25, 0.3) is 0 Å². The normalized spacial score (nSPS) is 8.17. The molecule has 0 saturated carbocycles. The van der Waals surface area contributed by atoms with Crippen molar-refractivity contribution >= 4 is 27.9 Å². The van der Waals surface area contributed by atoms with Gasteiger partial charge in [0.15, 0.2) is 0 Å². The van der Waals surface area contributed by atoms with Crippen LogP contribution in [0.3, 0.4) is 0 Å². The second kappa shape index (κ2) is 10.2. The van der Waals surface area contributed by atoms with Gasteiger partial charge < -0.3 is 0 Å². The van der Waals surface area contributed by atoms with E-state index in [9.17, 15) is 0 Å². The predicted molar refractivity (Wildman–Crippen MR) is 52.0 cm³/mol. The van der Waals surface area contributed by atoms with Crippen molar-refractivity contribution in [3.05, 3.63) is 35.9 Å². The van der Waals surface area contributed by atoms with E-state index in [1.165, 1.54) is 33.5 Å². The van der Waals surface area contributed by atoms with Crippen LogP contribution in [0.1, 0.15) is 19.4 Å². The molecule has 0 saturated heterocycles. The summed E-state index contributed by atoms with van der Waals surface area (Å²) in [6.07, 6.45) is 0. The zero-order valence-electron chi connectivity index (χ0n) is 8.54. The van der Waals surface area contributed by atoms with Crippen LogP contribution in [0.4, 0.5) is 0 Å². The molecule has 1 aromatic rings. The monoisotopic (exact) mass is 203 g/mol. The molecule has 2 heteroatoms. The summed E-state index contributed by atoms with van der Waals surface area (Å²) in [6.45, 7) is 6.54. The molecule has 0 aliphatic carbocycles. The first-order chi connectivity index (χ1) is 5.13. The average Bonchev–Trinajstić information content (AvgIpc) is 1.87. The van der Waals surface area contributed by atoms with Gasteiger partial charge in [-0.1, -0.05) is 35.9 Å². The van der Waals surface area contributed by atoms with Crippen molar-refractivity contribution in [3.8, 4) is 0 Å². The summed E-state index contributed by atoms with van der Waals surface area (Å²) in [4.78, 5) is 0. The molecule has 0 aliphatic rings. The van der Waals surface area contributed by atoms with Crippen molar-refractivity contribution in [2.45, 2.75) is 23.9 Å². The minimum Gasteiger partial charge on any atom is -0.0622 e. The Morgan fingerprint density at radius 1 is 1.08 bits per heavy atom. The number of rotatable bonds is 0. The first kappa shape index (κ1) is 15.6. The molecular weight excluding hydrogens is 188 g/mol. The van der Waals surface area contributed by atoms with Crippen LogP contribution >= 0.6 is 0 Å². The molecule has 1 rings (SSSR count). The van der Waals surface area contributed by atoms with Crippen molar-refractivity contribution in [2.24, 2.45) is 0 Å². The Morgan fingerprint density at radius 3 is 1.58 bits per heavy atom. The van der Waals surface area contributed by atoms with E-state index >= 15 is 0 Å². The van der Waals surface area contributed by atoms with Gasteiger partial charge in [-0.3, -0.25) is 0 Å². The molecule has 0 nitrogen and oxygen atoms in total. The first-order valence-corrected chi connectivity index (χ1v) is 5.30. The van der Waals surface area contributed by atoms with Crippen molar-refractivity contribution in [1.82, 2.24) is 0 Å². The van der Waals surface area contributed by atoms with Gasteiger partial charge in [0.1, 0.15) is 0 Å². The second-order valence-electron chi connectivity index (χ2n) is 3.39. The Balaban J connectivity index is 0. The zero-order valence-corrected chi connectivity index (χ0v) is 12.3. The van der Waals surface area contributed by atoms with Crippen molar-refractivity contribution in [3.63, 3.8) is 0 Å². The third-order valence-electron chi connectivity index (χ3n) is 0.940. The van der Waals surface area contributed by atoms with Gasteiger partial charge in [-0.05, 0) is 6.92 Å².